The van der Waals surface area contributed by atoms with Crippen LogP contribution in [0.5, 0.6) is 0 Å². The van der Waals surface area contributed by atoms with Crippen LogP contribution >= 0.6 is 0 Å². The lowest BCUT2D eigenvalue weighted by Crippen LogP contribution is -2.45. The van der Waals surface area contributed by atoms with E-state index < -0.39 is 0 Å². The maximum absolute atomic E-state index is 12.2. The van der Waals surface area contributed by atoms with E-state index in [1.54, 1.807) is 5.57 Å². The van der Waals surface area contributed by atoms with E-state index in [-0.39, 0.29) is 10.8 Å². The van der Waals surface area contributed by atoms with Crippen molar-refractivity contribution in [3.05, 3.63) is 11.1 Å². The Morgan fingerprint density at radius 1 is 1.31 bits per heavy atom. The molecule has 4 atom stereocenters. The highest BCUT2D eigenvalue weighted by Gasteiger charge is 2.68. The molecule has 16 heavy (non-hydrogen) atoms. The summed E-state index contributed by atoms with van der Waals surface area (Å²) in [7, 11) is 0. The Kier molecular flexibility index (Phi) is 1.85. The standard InChI is InChI=1S/C15H22O/c1-9(2)10-7-14(3)12-5-6-13(16)15(14,4)8-11(10)12/h11-12H,5-8H2,1-4H3/t11-,12+,14+,15+/m0/s1. The largest absolute Gasteiger partial charge is 0.299 e. The summed E-state index contributed by atoms with van der Waals surface area (Å²) >= 11 is 0. The van der Waals surface area contributed by atoms with Gasteiger partial charge in [0.1, 0.15) is 5.78 Å². The molecule has 0 radical (unpaired) electrons. The van der Waals surface area contributed by atoms with Gasteiger partial charge < -0.3 is 0 Å². The minimum atomic E-state index is -0.000463. The quantitative estimate of drug-likeness (QED) is 0.566. The van der Waals surface area contributed by atoms with Crippen LogP contribution in [0.1, 0.15) is 53.4 Å². The summed E-state index contributed by atoms with van der Waals surface area (Å²) in [6.07, 6.45) is 4.30. The molecule has 0 N–H and O–H groups in total. The van der Waals surface area contributed by atoms with E-state index in [0.29, 0.717) is 5.78 Å². The first kappa shape index (κ1) is 10.6. The van der Waals surface area contributed by atoms with E-state index >= 15 is 0 Å². The number of hydrogen-bond acceptors (Lipinski definition) is 1. The third kappa shape index (κ3) is 0.919. The molecule has 0 spiro atoms. The second-order valence-corrected chi connectivity index (χ2v) is 6.83. The van der Waals surface area contributed by atoms with Gasteiger partial charge >= 0.3 is 0 Å². The molecule has 0 heterocycles. The van der Waals surface area contributed by atoms with Gasteiger partial charge in [-0.1, -0.05) is 25.0 Å². The van der Waals surface area contributed by atoms with Crippen molar-refractivity contribution in [2.45, 2.75) is 53.4 Å². The fourth-order valence-electron chi connectivity index (χ4n) is 4.95. The number of ketones is 1. The molecule has 3 aliphatic carbocycles. The summed E-state index contributed by atoms with van der Waals surface area (Å²) in [6.45, 7) is 9.11. The second-order valence-electron chi connectivity index (χ2n) is 6.83. The monoisotopic (exact) mass is 218 g/mol. The third-order valence-electron chi connectivity index (χ3n) is 6.14. The Labute approximate surface area is 98.3 Å². The summed E-state index contributed by atoms with van der Waals surface area (Å²) in [4.78, 5) is 12.2. The molecule has 0 aromatic carbocycles. The van der Waals surface area contributed by atoms with Crippen LogP contribution in [0.25, 0.3) is 0 Å². The van der Waals surface area contributed by atoms with Crippen LogP contribution in [0.3, 0.4) is 0 Å². The van der Waals surface area contributed by atoms with Crippen LogP contribution in [0.2, 0.25) is 0 Å². The number of carbonyl (C=O) groups excluding carboxylic acids is 1. The molecule has 0 aromatic heterocycles. The number of Topliss-reactive ketones (excluding diaryl/α,β-unsaturated/α-hetero) is 1. The van der Waals surface area contributed by atoms with Gasteiger partial charge in [0.2, 0.25) is 0 Å². The summed E-state index contributed by atoms with van der Waals surface area (Å²) in [5, 5.41) is 0. The van der Waals surface area contributed by atoms with Crippen LogP contribution in [0, 0.1) is 22.7 Å². The molecule has 0 saturated heterocycles. The zero-order chi connectivity index (χ0) is 11.7. The van der Waals surface area contributed by atoms with Gasteiger partial charge in [-0.25, -0.2) is 0 Å². The van der Waals surface area contributed by atoms with E-state index in [9.17, 15) is 4.79 Å². The lowest BCUT2D eigenvalue weighted by atomic mass is 9.56. The molecule has 0 aliphatic heterocycles. The highest BCUT2D eigenvalue weighted by molar-refractivity contribution is 5.87. The van der Waals surface area contributed by atoms with Crippen molar-refractivity contribution in [2.75, 3.05) is 0 Å². The molecule has 0 aromatic rings. The van der Waals surface area contributed by atoms with Gasteiger partial charge in [-0.15, -0.1) is 0 Å². The maximum atomic E-state index is 12.2. The molecular formula is C15H22O. The fraction of sp³-hybridized carbons (Fsp3) is 0.800. The SMILES string of the molecule is CC(C)=C1C[C@]2(C)[C@@H]3CCC(=O)[C@@]2(C)C[C@@H]13. The molecule has 0 unspecified atom stereocenters. The first-order valence-corrected chi connectivity index (χ1v) is 6.60. The molecule has 88 valence electrons. The Bertz CT molecular complexity index is 402. The van der Waals surface area contributed by atoms with E-state index in [4.69, 9.17) is 0 Å². The summed E-state index contributed by atoms with van der Waals surface area (Å²) in [5.74, 6) is 2.06. The number of rotatable bonds is 0. The number of hydrogen-bond donors (Lipinski definition) is 0. The van der Waals surface area contributed by atoms with Crippen LogP contribution in [0.15, 0.2) is 11.1 Å². The van der Waals surface area contributed by atoms with Gasteiger partial charge in [0, 0.05) is 11.8 Å². The first-order valence-electron chi connectivity index (χ1n) is 6.60. The van der Waals surface area contributed by atoms with Gasteiger partial charge in [0.05, 0.1) is 0 Å². The van der Waals surface area contributed by atoms with Crippen molar-refractivity contribution >= 4 is 5.78 Å². The van der Waals surface area contributed by atoms with Crippen LogP contribution in [0.4, 0.5) is 0 Å². The molecule has 1 nitrogen and oxygen atoms in total. The van der Waals surface area contributed by atoms with E-state index in [1.807, 2.05) is 0 Å². The van der Waals surface area contributed by atoms with Crippen LogP contribution in [-0.2, 0) is 4.79 Å². The Morgan fingerprint density at radius 3 is 2.62 bits per heavy atom. The van der Waals surface area contributed by atoms with Crippen LogP contribution < -0.4 is 0 Å². The molecule has 3 aliphatic rings. The molecule has 4 bridgehead atoms. The molecule has 3 fully saturated rings. The third-order valence-corrected chi connectivity index (χ3v) is 6.14. The minimum absolute atomic E-state index is 0.000463. The average Bonchev–Trinajstić information content (AvgIpc) is 2.54. The lowest BCUT2D eigenvalue weighted by Gasteiger charge is -2.46. The van der Waals surface area contributed by atoms with Gasteiger partial charge in [-0.2, -0.15) is 0 Å². The normalized spacial score (nSPS) is 50.0. The molecular weight excluding hydrogens is 196 g/mol. The van der Waals surface area contributed by atoms with E-state index in [1.165, 1.54) is 12.0 Å². The van der Waals surface area contributed by atoms with Crippen molar-refractivity contribution in [1.82, 2.24) is 0 Å². The fourth-order valence-corrected chi connectivity index (χ4v) is 4.95. The predicted octanol–water partition coefficient (Wildman–Crippen LogP) is 3.74. The highest BCUT2D eigenvalue weighted by Crippen LogP contribution is 2.73. The lowest BCUT2D eigenvalue weighted by molar-refractivity contribution is -0.138. The van der Waals surface area contributed by atoms with Gasteiger partial charge in [-0.05, 0) is 50.4 Å². The highest BCUT2D eigenvalue weighted by atomic mass is 16.1. The Balaban J connectivity index is 2.13. The number of allylic oxidation sites excluding steroid dienone is 2. The first-order chi connectivity index (χ1) is 7.40. The maximum Gasteiger partial charge on any atom is 0.139 e. The number of carbonyl (C=O) groups is 1. The Hall–Kier alpha value is -0.590. The minimum Gasteiger partial charge on any atom is -0.299 e. The van der Waals surface area contributed by atoms with Gasteiger partial charge in [-0.3, -0.25) is 4.79 Å². The molecule has 3 rings (SSSR count). The van der Waals surface area contributed by atoms with Crippen molar-refractivity contribution in [1.29, 1.82) is 0 Å². The van der Waals surface area contributed by atoms with Crippen molar-refractivity contribution in [2.24, 2.45) is 22.7 Å². The smallest absolute Gasteiger partial charge is 0.139 e. The summed E-state index contributed by atoms with van der Waals surface area (Å²) < 4.78 is 0. The van der Waals surface area contributed by atoms with E-state index in [2.05, 4.69) is 27.7 Å². The summed E-state index contributed by atoms with van der Waals surface area (Å²) in [6, 6.07) is 0. The van der Waals surface area contributed by atoms with Gasteiger partial charge in [0.25, 0.3) is 0 Å². The second kappa shape index (κ2) is 2.80. The Morgan fingerprint density at radius 2 is 2.00 bits per heavy atom. The van der Waals surface area contributed by atoms with Crippen molar-refractivity contribution < 1.29 is 4.79 Å². The van der Waals surface area contributed by atoms with Crippen molar-refractivity contribution in [3.63, 3.8) is 0 Å². The zero-order valence-electron chi connectivity index (χ0n) is 10.9. The molecule has 1 heteroatoms. The van der Waals surface area contributed by atoms with Gasteiger partial charge in [0.15, 0.2) is 0 Å². The van der Waals surface area contributed by atoms with E-state index in [0.717, 1.165) is 31.1 Å². The van der Waals surface area contributed by atoms with Crippen molar-refractivity contribution in [3.8, 4) is 0 Å². The topological polar surface area (TPSA) is 17.1 Å². The average molecular weight is 218 g/mol. The van der Waals surface area contributed by atoms with Crippen LogP contribution in [-0.4, -0.2) is 5.78 Å². The molecule has 0 amide bonds. The molecule has 3 saturated carbocycles. The summed E-state index contributed by atoms with van der Waals surface area (Å²) in [5.41, 5.74) is 3.47. The predicted molar refractivity (Wildman–Crippen MR) is 65.0 cm³/mol. The zero-order valence-corrected chi connectivity index (χ0v) is 10.9.